The lowest BCUT2D eigenvalue weighted by Crippen LogP contribution is -2.37. The highest BCUT2D eigenvalue weighted by Crippen LogP contribution is 2.23. The van der Waals surface area contributed by atoms with Crippen LogP contribution in [0.4, 0.5) is 5.82 Å². The first-order valence-electron chi connectivity index (χ1n) is 9.63. The summed E-state index contributed by atoms with van der Waals surface area (Å²) < 4.78 is 1.95. The average molecular weight is 384 g/mol. The van der Waals surface area contributed by atoms with Crippen molar-refractivity contribution in [1.29, 1.82) is 0 Å². The normalized spacial score (nSPS) is 13.5. The third kappa shape index (κ3) is 3.35. The smallest absolute Gasteiger partial charge is 0.169 e. The molecule has 0 aromatic carbocycles. The van der Waals surface area contributed by atoms with Crippen molar-refractivity contribution in [2.75, 3.05) is 18.0 Å². The van der Waals surface area contributed by atoms with E-state index < -0.39 is 0 Å². The van der Waals surface area contributed by atoms with E-state index in [0.29, 0.717) is 5.56 Å². The van der Waals surface area contributed by atoms with E-state index in [1.54, 1.807) is 24.8 Å². The number of aryl methyl sites for hydroxylation is 1. The fraction of sp³-hybridized carbons (Fsp3) is 0.227. The molecule has 0 N–H and O–H groups in total. The molecule has 29 heavy (non-hydrogen) atoms. The summed E-state index contributed by atoms with van der Waals surface area (Å²) in [5, 5.41) is 0.956. The van der Waals surface area contributed by atoms with E-state index in [0.717, 1.165) is 46.8 Å². The van der Waals surface area contributed by atoms with Gasteiger partial charge in [0.05, 0.1) is 36.4 Å². The molecule has 0 bridgehead atoms. The van der Waals surface area contributed by atoms with Crippen LogP contribution in [0.25, 0.3) is 22.2 Å². The minimum Gasteiger partial charge on any atom is -0.356 e. The summed E-state index contributed by atoms with van der Waals surface area (Å²) >= 11 is 0. The van der Waals surface area contributed by atoms with Gasteiger partial charge >= 0.3 is 0 Å². The van der Waals surface area contributed by atoms with Gasteiger partial charge in [-0.05, 0) is 30.7 Å². The van der Waals surface area contributed by atoms with Crippen molar-refractivity contribution in [3.05, 3.63) is 66.6 Å². The third-order valence-corrected chi connectivity index (χ3v) is 5.33. The monoisotopic (exact) mass is 384 g/mol. The van der Waals surface area contributed by atoms with Crippen LogP contribution in [0.3, 0.4) is 0 Å². The SMILES string of the molecule is Cn1cncc1-c1cnc2cnc(CC(=O)c3ccnc(N4CCC4)c3)cc2c1. The number of rotatable bonds is 5. The van der Waals surface area contributed by atoms with Gasteiger partial charge in [-0.25, -0.2) is 9.97 Å². The van der Waals surface area contributed by atoms with Crippen LogP contribution in [0.15, 0.2) is 55.4 Å². The number of pyridine rings is 3. The molecular weight excluding hydrogens is 364 g/mol. The second kappa shape index (κ2) is 7.09. The first-order valence-corrected chi connectivity index (χ1v) is 9.63. The maximum absolute atomic E-state index is 12.8. The van der Waals surface area contributed by atoms with Gasteiger partial charge in [-0.15, -0.1) is 0 Å². The molecule has 0 atom stereocenters. The zero-order valence-corrected chi connectivity index (χ0v) is 16.1. The molecule has 4 aromatic heterocycles. The molecule has 1 aliphatic rings. The second-order valence-electron chi connectivity index (χ2n) is 7.33. The number of carbonyl (C=O) groups is 1. The van der Waals surface area contributed by atoms with Gasteiger partial charge in [0.25, 0.3) is 0 Å². The Balaban J connectivity index is 1.41. The quantitative estimate of drug-likeness (QED) is 0.492. The van der Waals surface area contributed by atoms with E-state index in [4.69, 9.17) is 0 Å². The van der Waals surface area contributed by atoms with Gasteiger partial charge in [-0.1, -0.05) is 0 Å². The molecule has 0 spiro atoms. The molecule has 0 saturated carbocycles. The lowest BCUT2D eigenvalue weighted by Gasteiger charge is -2.32. The van der Waals surface area contributed by atoms with Gasteiger partial charge in [0.2, 0.25) is 0 Å². The van der Waals surface area contributed by atoms with Gasteiger partial charge in [0.15, 0.2) is 5.78 Å². The van der Waals surface area contributed by atoms with Crippen LogP contribution in [-0.2, 0) is 13.5 Å². The zero-order valence-electron chi connectivity index (χ0n) is 16.1. The Morgan fingerprint density at radius 3 is 2.72 bits per heavy atom. The molecule has 1 saturated heterocycles. The van der Waals surface area contributed by atoms with Gasteiger partial charge in [-0.3, -0.25) is 14.8 Å². The average Bonchev–Trinajstić information content (AvgIpc) is 3.12. The summed E-state index contributed by atoms with van der Waals surface area (Å²) in [4.78, 5) is 32.5. The highest BCUT2D eigenvalue weighted by molar-refractivity contribution is 5.98. The standard InChI is InChI=1S/C22H20N6O/c1-27-14-23-13-20(27)17-7-16-8-18(25-12-19(16)26-11-17)10-21(29)15-3-4-24-22(9-15)28-5-2-6-28/h3-4,7-9,11-14H,2,5-6,10H2,1H3. The number of hydrogen-bond donors (Lipinski definition) is 0. The lowest BCUT2D eigenvalue weighted by molar-refractivity contribution is 0.0992. The third-order valence-electron chi connectivity index (χ3n) is 5.33. The minimum absolute atomic E-state index is 0.0387. The largest absolute Gasteiger partial charge is 0.356 e. The summed E-state index contributed by atoms with van der Waals surface area (Å²) in [5.74, 6) is 0.912. The first kappa shape index (κ1) is 17.5. The van der Waals surface area contributed by atoms with Crippen molar-refractivity contribution in [2.24, 2.45) is 7.05 Å². The Bertz CT molecular complexity index is 1210. The molecule has 1 fully saturated rings. The number of ketones is 1. The molecule has 7 heteroatoms. The molecule has 5 rings (SSSR count). The highest BCUT2D eigenvalue weighted by atomic mass is 16.1. The van der Waals surface area contributed by atoms with E-state index in [1.807, 2.05) is 36.1 Å². The Morgan fingerprint density at radius 2 is 1.97 bits per heavy atom. The highest BCUT2D eigenvalue weighted by Gasteiger charge is 2.17. The molecule has 144 valence electrons. The number of hydrogen-bond acceptors (Lipinski definition) is 6. The lowest BCUT2D eigenvalue weighted by atomic mass is 10.1. The van der Waals surface area contributed by atoms with Gasteiger partial charge < -0.3 is 9.47 Å². The van der Waals surface area contributed by atoms with Gasteiger partial charge in [-0.2, -0.15) is 0 Å². The van der Waals surface area contributed by atoms with Crippen LogP contribution in [0, 0.1) is 0 Å². The molecule has 0 amide bonds. The van der Waals surface area contributed by atoms with E-state index in [-0.39, 0.29) is 12.2 Å². The number of aromatic nitrogens is 5. The van der Waals surface area contributed by atoms with Gasteiger partial charge in [0, 0.05) is 54.7 Å². The fourth-order valence-electron chi connectivity index (χ4n) is 3.53. The zero-order chi connectivity index (χ0) is 19.8. The van der Waals surface area contributed by atoms with Crippen LogP contribution < -0.4 is 4.90 Å². The number of fused-ring (bicyclic) bond motifs is 1. The van der Waals surface area contributed by atoms with Crippen molar-refractivity contribution in [3.8, 4) is 11.3 Å². The van der Waals surface area contributed by atoms with Crippen molar-refractivity contribution < 1.29 is 4.79 Å². The van der Waals surface area contributed by atoms with E-state index in [9.17, 15) is 4.79 Å². The number of carbonyl (C=O) groups excluding carboxylic acids is 1. The van der Waals surface area contributed by atoms with E-state index in [2.05, 4.69) is 30.9 Å². The molecular formula is C22H20N6O. The maximum Gasteiger partial charge on any atom is 0.169 e. The Hall–Kier alpha value is -3.61. The van der Waals surface area contributed by atoms with Crippen LogP contribution in [0.2, 0.25) is 0 Å². The molecule has 0 radical (unpaired) electrons. The minimum atomic E-state index is 0.0387. The molecule has 0 unspecified atom stereocenters. The molecule has 4 aromatic rings. The molecule has 0 aliphatic carbocycles. The predicted molar refractivity (Wildman–Crippen MR) is 111 cm³/mol. The Labute approximate surface area is 168 Å². The van der Waals surface area contributed by atoms with E-state index >= 15 is 0 Å². The Morgan fingerprint density at radius 1 is 1.07 bits per heavy atom. The number of nitrogens with zero attached hydrogens (tertiary/aromatic N) is 6. The summed E-state index contributed by atoms with van der Waals surface area (Å²) in [6, 6.07) is 7.65. The van der Waals surface area contributed by atoms with Crippen LogP contribution in [0.1, 0.15) is 22.5 Å². The summed E-state index contributed by atoms with van der Waals surface area (Å²) in [5.41, 5.74) is 4.17. The number of anilines is 1. The van der Waals surface area contributed by atoms with Crippen molar-refractivity contribution >= 4 is 22.5 Å². The van der Waals surface area contributed by atoms with Gasteiger partial charge in [0.1, 0.15) is 5.82 Å². The fourth-order valence-corrected chi connectivity index (χ4v) is 3.53. The summed E-state index contributed by atoms with van der Waals surface area (Å²) in [6.45, 7) is 2.01. The summed E-state index contributed by atoms with van der Waals surface area (Å²) in [7, 11) is 1.95. The van der Waals surface area contributed by atoms with E-state index in [1.165, 1.54) is 6.42 Å². The maximum atomic E-state index is 12.8. The predicted octanol–water partition coefficient (Wildman–Crippen LogP) is 3.06. The first-order chi connectivity index (χ1) is 14.2. The van der Waals surface area contributed by atoms with Crippen LogP contribution in [0.5, 0.6) is 0 Å². The van der Waals surface area contributed by atoms with Crippen molar-refractivity contribution in [2.45, 2.75) is 12.8 Å². The molecule has 7 nitrogen and oxygen atoms in total. The number of Topliss-reactive ketones (excluding diaryl/α,β-unsaturated/α-hetero) is 1. The Kier molecular flexibility index (Phi) is 4.27. The molecule has 1 aliphatic heterocycles. The second-order valence-corrected chi connectivity index (χ2v) is 7.33. The molecule has 5 heterocycles. The van der Waals surface area contributed by atoms with Crippen LogP contribution in [-0.4, -0.2) is 43.4 Å². The van der Waals surface area contributed by atoms with Crippen molar-refractivity contribution in [1.82, 2.24) is 24.5 Å². The summed E-state index contributed by atoms with van der Waals surface area (Å²) in [6.07, 6.45) is 10.2. The topological polar surface area (TPSA) is 76.8 Å². The van der Waals surface area contributed by atoms with Crippen LogP contribution >= 0.6 is 0 Å². The number of imidazole rings is 1. The van der Waals surface area contributed by atoms with Crippen molar-refractivity contribution in [3.63, 3.8) is 0 Å².